The molecule has 0 saturated carbocycles. The van der Waals surface area contributed by atoms with Crippen LogP contribution in [0, 0.1) is 11.8 Å². The standard InChI is InChI=1S/C17H34N2O/c1-3-4-5-6-7-8-9-10-11-19-17(20)16-12-15(2)13-18-14-16/h15-16,18H,3-14H2,1-2H3,(H,19,20). The second kappa shape index (κ2) is 11.1. The molecular formula is C17H34N2O. The van der Waals surface area contributed by atoms with Crippen molar-refractivity contribution in [1.82, 2.24) is 10.6 Å². The number of hydrogen-bond donors (Lipinski definition) is 2. The Kier molecular flexibility index (Phi) is 9.73. The Balaban J connectivity index is 1.91. The van der Waals surface area contributed by atoms with Crippen molar-refractivity contribution in [2.45, 2.75) is 71.6 Å². The van der Waals surface area contributed by atoms with Gasteiger partial charge < -0.3 is 10.6 Å². The van der Waals surface area contributed by atoms with E-state index >= 15 is 0 Å². The molecule has 1 amide bonds. The van der Waals surface area contributed by atoms with Crippen molar-refractivity contribution in [2.24, 2.45) is 11.8 Å². The molecular weight excluding hydrogens is 248 g/mol. The van der Waals surface area contributed by atoms with E-state index in [-0.39, 0.29) is 11.8 Å². The van der Waals surface area contributed by atoms with Crippen molar-refractivity contribution in [3.63, 3.8) is 0 Å². The molecule has 1 saturated heterocycles. The van der Waals surface area contributed by atoms with Gasteiger partial charge in [-0.3, -0.25) is 4.79 Å². The summed E-state index contributed by atoms with van der Waals surface area (Å²) in [5, 5.41) is 6.44. The van der Waals surface area contributed by atoms with E-state index in [0.29, 0.717) is 5.92 Å². The smallest absolute Gasteiger partial charge is 0.224 e. The van der Waals surface area contributed by atoms with Gasteiger partial charge in [0.2, 0.25) is 5.91 Å². The number of unbranched alkanes of at least 4 members (excludes halogenated alkanes) is 7. The molecule has 3 heteroatoms. The molecule has 0 aromatic carbocycles. The maximum Gasteiger partial charge on any atom is 0.224 e. The third kappa shape index (κ3) is 7.88. The van der Waals surface area contributed by atoms with Crippen molar-refractivity contribution in [3.05, 3.63) is 0 Å². The first-order valence-corrected chi connectivity index (χ1v) is 8.72. The molecule has 1 rings (SSSR count). The van der Waals surface area contributed by atoms with E-state index in [1.807, 2.05) is 0 Å². The zero-order valence-electron chi connectivity index (χ0n) is 13.5. The summed E-state index contributed by atoms with van der Waals surface area (Å²) in [7, 11) is 0. The summed E-state index contributed by atoms with van der Waals surface area (Å²) in [6.07, 6.45) is 11.6. The Hall–Kier alpha value is -0.570. The predicted octanol–water partition coefficient (Wildman–Crippen LogP) is 3.49. The third-order valence-corrected chi connectivity index (χ3v) is 4.27. The number of carbonyl (C=O) groups excluding carboxylic acids is 1. The number of nitrogens with one attached hydrogen (secondary N) is 2. The van der Waals surface area contributed by atoms with E-state index in [1.165, 1.54) is 44.9 Å². The molecule has 2 unspecified atom stereocenters. The first kappa shape index (κ1) is 17.5. The van der Waals surface area contributed by atoms with Crippen LogP contribution in [0.4, 0.5) is 0 Å². The summed E-state index contributed by atoms with van der Waals surface area (Å²) < 4.78 is 0. The highest BCUT2D eigenvalue weighted by Gasteiger charge is 2.24. The van der Waals surface area contributed by atoms with Gasteiger partial charge in [-0.1, -0.05) is 58.8 Å². The summed E-state index contributed by atoms with van der Waals surface area (Å²) >= 11 is 0. The van der Waals surface area contributed by atoms with Gasteiger partial charge >= 0.3 is 0 Å². The minimum Gasteiger partial charge on any atom is -0.356 e. The summed E-state index contributed by atoms with van der Waals surface area (Å²) in [6, 6.07) is 0. The van der Waals surface area contributed by atoms with Gasteiger partial charge in [0.05, 0.1) is 5.92 Å². The van der Waals surface area contributed by atoms with E-state index in [9.17, 15) is 4.79 Å². The highest BCUT2D eigenvalue weighted by molar-refractivity contribution is 5.78. The van der Waals surface area contributed by atoms with Crippen LogP contribution in [-0.2, 0) is 4.79 Å². The molecule has 20 heavy (non-hydrogen) atoms. The first-order chi connectivity index (χ1) is 9.74. The molecule has 1 aliphatic rings. The molecule has 1 aliphatic heterocycles. The molecule has 1 heterocycles. The van der Waals surface area contributed by atoms with Crippen LogP contribution >= 0.6 is 0 Å². The summed E-state index contributed by atoms with van der Waals surface area (Å²) in [5.74, 6) is 1.07. The summed E-state index contributed by atoms with van der Waals surface area (Å²) in [6.45, 7) is 7.24. The van der Waals surface area contributed by atoms with Crippen molar-refractivity contribution >= 4 is 5.91 Å². The summed E-state index contributed by atoms with van der Waals surface area (Å²) in [5.41, 5.74) is 0. The van der Waals surface area contributed by atoms with Crippen LogP contribution in [0.2, 0.25) is 0 Å². The fourth-order valence-corrected chi connectivity index (χ4v) is 2.97. The average molecular weight is 282 g/mol. The molecule has 0 radical (unpaired) electrons. The van der Waals surface area contributed by atoms with Gasteiger partial charge in [0.1, 0.15) is 0 Å². The minimum absolute atomic E-state index is 0.188. The average Bonchev–Trinajstić information content (AvgIpc) is 2.45. The number of hydrogen-bond acceptors (Lipinski definition) is 2. The van der Waals surface area contributed by atoms with E-state index in [1.54, 1.807) is 0 Å². The molecule has 0 aliphatic carbocycles. The van der Waals surface area contributed by atoms with Crippen LogP contribution < -0.4 is 10.6 Å². The van der Waals surface area contributed by atoms with Crippen LogP contribution in [-0.4, -0.2) is 25.5 Å². The Bertz CT molecular complexity index is 255. The molecule has 118 valence electrons. The van der Waals surface area contributed by atoms with Crippen LogP contribution in [0.1, 0.15) is 71.6 Å². The van der Waals surface area contributed by atoms with Crippen molar-refractivity contribution in [2.75, 3.05) is 19.6 Å². The summed E-state index contributed by atoms with van der Waals surface area (Å²) in [4.78, 5) is 12.0. The topological polar surface area (TPSA) is 41.1 Å². The number of carbonyl (C=O) groups is 1. The van der Waals surface area contributed by atoms with Gasteiger partial charge in [0, 0.05) is 13.1 Å². The highest BCUT2D eigenvalue weighted by Crippen LogP contribution is 2.15. The van der Waals surface area contributed by atoms with Gasteiger partial charge in [0.25, 0.3) is 0 Å². The van der Waals surface area contributed by atoms with Crippen LogP contribution in [0.3, 0.4) is 0 Å². The molecule has 1 fully saturated rings. The van der Waals surface area contributed by atoms with E-state index < -0.39 is 0 Å². The fourth-order valence-electron chi connectivity index (χ4n) is 2.97. The highest BCUT2D eigenvalue weighted by atomic mass is 16.1. The monoisotopic (exact) mass is 282 g/mol. The zero-order valence-corrected chi connectivity index (χ0v) is 13.5. The van der Waals surface area contributed by atoms with Gasteiger partial charge in [-0.25, -0.2) is 0 Å². The minimum atomic E-state index is 0.188. The molecule has 3 nitrogen and oxygen atoms in total. The SMILES string of the molecule is CCCCCCCCCCNC(=O)C1CNCC(C)C1. The maximum atomic E-state index is 12.0. The molecule has 0 aromatic heterocycles. The van der Waals surface area contributed by atoms with E-state index in [4.69, 9.17) is 0 Å². The first-order valence-electron chi connectivity index (χ1n) is 8.72. The maximum absolute atomic E-state index is 12.0. The lowest BCUT2D eigenvalue weighted by Crippen LogP contribution is -2.43. The Morgan fingerprint density at radius 2 is 1.70 bits per heavy atom. The van der Waals surface area contributed by atoms with Gasteiger partial charge in [-0.2, -0.15) is 0 Å². The predicted molar refractivity (Wildman–Crippen MR) is 85.8 cm³/mol. The molecule has 0 aromatic rings. The molecule has 0 spiro atoms. The number of amides is 1. The molecule has 0 bridgehead atoms. The van der Waals surface area contributed by atoms with Crippen molar-refractivity contribution < 1.29 is 4.79 Å². The fraction of sp³-hybridized carbons (Fsp3) is 0.941. The molecule has 2 N–H and O–H groups in total. The largest absolute Gasteiger partial charge is 0.356 e. The van der Waals surface area contributed by atoms with Crippen LogP contribution in [0.15, 0.2) is 0 Å². The quantitative estimate of drug-likeness (QED) is 0.602. The van der Waals surface area contributed by atoms with Gasteiger partial charge in [0.15, 0.2) is 0 Å². The lowest BCUT2D eigenvalue weighted by atomic mass is 9.91. The normalized spacial score (nSPS) is 22.7. The third-order valence-electron chi connectivity index (χ3n) is 4.27. The number of rotatable bonds is 10. The second-order valence-corrected chi connectivity index (χ2v) is 6.46. The lowest BCUT2D eigenvalue weighted by molar-refractivity contribution is -0.125. The number of piperidine rings is 1. The Morgan fingerprint density at radius 1 is 1.05 bits per heavy atom. The lowest BCUT2D eigenvalue weighted by Gasteiger charge is -2.26. The van der Waals surface area contributed by atoms with Crippen LogP contribution in [0.5, 0.6) is 0 Å². The van der Waals surface area contributed by atoms with Gasteiger partial charge in [-0.05, 0) is 25.3 Å². The van der Waals surface area contributed by atoms with Crippen LogP contribution in [0.25, 0.3) is 0 Å². The molecule has 2 atom stereocenters. The Morgan fingerprint density at radius 3 is 2.35 bits per heavy atom. The van der Waals surface area contributed by atoms with E-state index in [0.717, 1.165) is 32.5 Å². The van der Waals surface area contributed by atoms with Crippen molar-refractivity contribution in [1.29, 1.82) is 0 Å². The second-order valence-electron chi connectivity index (χ2n) is 6.46. The zero-order chi connectivity index (χ0) is 14.6. The Labute approximate surface area is 125 Å². The van der Waals surface area contributed by atoms with Crippen molar-refractivity contribution in [3.8, 4) is 0 Å². The van der Waals surface area contributed by atoms with E-state index in [2.05, 4.69) is 24.5 Å². The van der Waals surface area contributed by atoms with Gasteiger partial charge in [-0.15, -0.1) is 0 Å².